The van der Waals surface area contributed by atoms with E-state index in [0.717, 1.165) is 36.8 Å². The zero-order valence-corrected chi connectivity index (χ0v) is 20.1. The number of para-hydroxylation sites is 1. The van der Waals surface area contributed by atoms with Crippen LogP contribution in [0, 0.1) is 5.82 Å². The van der Waals surface area contributed by atoms with Crippen LogP contribution in [0.1, 0.15) is 47.2 Å². The van der Waals surface area contributed by atoms with Gasteiger partial charge in [-0.1, -0.05) is 61.0 Å². The van der Waals surface area contributed by atoms with Crippen molar-refractivity contribution in [1.29, 1.82) is 0 Å². The summed E-state index contributed by atoms with van der Waals surface area (Å²) >= 11 is 1.40. The lowest BCUT2D eigenvalue weighted by atomic mass is 10.1. The van der Waals surface area contributed by atoms with E-state index in [1.54, 1.807) is 28.8 Å². The SMILES string of the molecule is O=C(NC1CCCC1)c1ccc(Cn2c(SCc3cccc(F)c3)nc3ccccc3c2=O)cc1. The fraction of sp³-hybridized carbons (Fsp3) is 0.250. The zero-order chi connectivity index (χ0) is 24.2. The maximum absolute atomic E-state index is 13.6. The fourth-order valence-electron chi connectivity index (χ4n) is 4.45. The molecule has 5 nitrogen and oxygen atoms in total. The van der Waals surface area contributed by atoms with Crippen LogP contribution in [0.15, 0.2) is 82.7 Å². The van der Waals surface area contributed by atoms with Crippen molar-refractivity contribution in [2.24, 2.45) is 0 Å². The Morgan fingerprint density at radius 1 is 1.00 bits per heavy atom. The number of carbonyl (C=O) groups excluding carboxylic acids is 1. The van der Waals surface area contributed by atoms with E-state index in [1.807, 2.05) is 36.4 Å². The maximum atomic E-state index is 13.6. The minimum absolute atomic E-state index is 0.0562. The number of benzene rings is 3. The van der Waals surface area contributed by atoms with Gasteiger partial charge in [0.25, 0.3) is 11.5 Å². The Hall–Kier alpha value is -3.45. The summed E-state index contributed by atoms with van der Waals surface area (Å²) in [5.41, 5.74) is 2.84. The average molecular weight is 488 g/mol. The van der Waals surface area contributed by atoms with Crippen molar-refractivity contribution in [3.8, 4) is 0 Å². The fourth-order valence-corrected chi connectivity index (χ4v) is 5.40. The van der Waals surface area contributed by atoms with Crippen LogP contribution < -0.4 is 10.9 Å². The van der Waals surface area contributed by atoms with E-state index < -0.39 is 0 Å². The Morgan fingerprint density at radius 3 is 2.54 bits per heavy atom. The number of halogens is 1. The lowest BCUT2D eigenvalue weighted by Crippen LogP contribution is -2.32. The van der Waals surface area contributed by atoms with Crippen LogP contribution in [0.4, 0.5) is 4.39 Å². The molecule has 35 heavy (non-hydrogen) atoms. The normalized spacial score (nSPS) is 13.9. The molecule has 3 aromatic carbocycles. The molecule has 0 radical (unpaired) electrons. The third-order valence-corrected chi connectivity index (χ3v) is 7.38. The van der Waals surface area contributed by atoms with Crippen molar-refractivity contribution in [3.05, 3.63) is 106 Å². The molecule has 178 valence electrons. The number of amides is 1. The number of nitrogens with zero attached hydrogens (tertiary/aromatic N) is 2. The summed E-state index contributed by atoms with van der Waals surface area (Å²) in [6.07, 6.45) is 4.41. The largest absolute Gasteiger partial charge is 0.349 e. The van der Waals surface area contributed by atoms with Gasteiger partial charge in [-0.25, -0.2) is 9.37 Å². The Labute approximate surface area is 207 Å². The Bertz CT molecular complexity index is 1410. The molecule has 1 amide bonds. The molecular weight excluding hydrogens is 461 g/mol. The van der Waals surface area contributed by atoms with E-state index >= 15 is 0 Å². The van der Waals surface area contributed by atoms with E-state index in [1.165, 1.54) is 23.9 Å². The highest BCUT2D eigenvalue weighted by Gasteiger charge is 2.18. The number of hydrogen-bond donors (Lipinski definition) is 1. The van der Waals surface area contributed by atoms with Gasteiger partial charge in [0.05, 0.1) is 17.4 Å². The number of aromatic nitrogens is 2. The first-order valence-corrected chi connectivity index (χ1v) is 12.8. The van der Waals surface area contributed by atoms with Crippen LogP contribution in [0.3, 0.4) is 0 Å². The monoisotopic (exact) mass is 487 g/mol. The van der Waals surface area contributed by atoms with E-state index in [2.05, 4.69) is 5.32 Å². The maximum Gasteiger partial charge on any atom is 0.262 e. The number of fused-ring (bicyclic) bond motifs is 1. The van der Waals surface area contributed by atoms with Crippen molar-refractivity contribution >= 4 is 28.6 Å². The van der Waals surface area contributed by atoms with Crippen LogP contribution >= 0.6 is 11.8 Å². The molecule has 1 aliphatic carbocycles. The highest BCUT2D eigenvalue weighted by atomic mass is 32.2. The highest BCUT2D eigenvalue weighted by Crippen LogP contribution is 2.24. The Kier molecular flexibility index (Phi) is 6.95. The molecule has 1 saturated carbocycles. The quantitative estimate of drug-likeness (QED) is 0.274. The third-order valence-electron chi connectivity index (χ3n) is 6.33. The second kappa shape index (κ2) is 10.4. The molecule has 1 aliphatic rings. The van der Waals surface area contributed by atoms with Gasteiger partial charge in [-0.15, -0.1) is 0 Å². The standard InChI is InChI=1S/C28H26FN3O2S/c29-22-7-5-6-20(16-22)18-35-28-31-25-11-4-3-10-24(25)27(34)32(28)17-19-12-14-21(15-13-19)26(33)30-23-8-1-2-9-23/h3-7,10-16,23H,1-2,8-9,17-18H2,(H,30,33). The van der Waals surface area contributed by atoms with E-state index in [0.29, 0.717) is 33.9 Å². The van der Waals surface area contributed by atoms with Gasteiger partial charge < -0.3 is 5.32 Å². The van der Waals surface area contributed by atoms with Crippen LogP contribution in [-0.4, -0.2) is 21.5 Å². The van der Waals surface area contributed by atoms with E-state index in [-0.39, 0.29) is 23.3 Å². The first-order chi connectivity index (χ1) is 17.1. The first kappa shape index (κ1) is 23.3. The molecule has 0 saturated heterocycles. The summed E-state index contributed by atoms with van der Waals surface area (Å²) < 4.78 is 15.3. The van der Waals surface area contributed by atoms with Crippen LogP contribution in [0.5, 0.6) is 0 Å². The summed E-state index contributed by atoms with van der Waals surface area (Å²) in [6, 6.07) is 21.4. The molecule has 1 heterocycles. The summed E-state index contributed by atoms with van der Waals surface area (Å²) in [5.74, 6) is 0.145. The van der Waals surface area contributed by atoms with Gasteiger partial charge in [-0.05, 0) is 60.4 Å². The molecule has 4 aromatic rings. The van der Waals surface area contributed by atoms with Crippen LogP contribution in [-0.2, 0) is 12.3 Å². The zero-order valence-electron chi connectivity index (χ0n) is 19.2. The van der Waals surface area contributed by atoms with Crippen LogP contribution in [0.2, 0.25) is 0 Å². The molecule has 0 bridgehead atoms. The summed E-state index contributed by atoms with van der Waals surface area (Å²) in [6.45, 7) is 0.326. The van der Waals surface area contributed by atoms with E-state index in [9.17, 15) is 14.0 Å². The van der Waals surface area contributed by atoms with Gasteiger partial charge in [0.15, 0.2) is 5.16 Å². The van der Waals surface area contributed by atoms with E-state index in [4.69, 9.17) is 4.98 Å². The van der Waals surface area contributed by atoms with Crippen LogP contribution in [0.25, 0.3) is 10.9 Å². The molecule has 1 fully saturated rings. The second-order valence-electron chi connectivity index (χ2n) is 8.87. The number of nitrogens with one attached hydrogen (secondary N) is 1. The number of thioether (sulfide) groups is 1. The first-order valence-electron chi connectivity index (χ1n) is 11.8. The molecule has 0 unspecified atom stereocenters. The molecular formula is C28H26FN3O2S. The molecule has 1 aromatic heterocycles. The average Bonchev–Trinajstić information content (AvgIpc) is 3.38. The van der Waals surface area contributed by atoms with Gasteiger partial charge in [-0.2, -0.15) is 0 Å². The topological polar surface area (TPSA) is 64.0 Å². The minimum atomic E-state index is -0.288. The molecule has 7 heteroatoms. The van der Waals surface area contributed by atoms with Gasteiger partial charge in [0, 0.05) is 17.4 Å². The number of hydrogen-bond acceptors (Lipinski definition) is 4. The molecule has 0 aliphatic heterocycles. The van der Waals surface area contributed by atoms with Gasteiger partial charge in [-0.3, -0.25) is 14.2 Å². The molecule has 0 atom stereocenters. The number of rotatable bonds is 7. The second-order valence-corrected chi connectivity index (χ2v) is 9.82. The lowest BCUT2D eigenvalue weighted by molar-refractivity contribution is 0.0938. The van der Waals surface area contributed by atoms with Crippen molar-refractivity contribution in [1.82, 2.24) is 14.9 Å². The summed E-state index contributed by atoms with van der Waals surface area (Å²) in [4.78, 5) is 30.7. The summed E-state index contributed by atoms with van der Waals surface area (Å²) in [7, 11) is 0. The predicted molar refractivity (Wildman–Crippen MR) is 137 cm³/mol. The minimum Gasteiger partial charge on any atom is -0.349 e. The predicted octanol–water partition coefficient (Wildman–Crippen LogP) is 5.55. The lowest BCUT2D eigenvalue weighted by Gasteiger charge is -2.14. The van der Waals surface area contributed by atoms with Gasteiger partial charge in [0.1, 0.15) is 5.82 Å². The van der Waals surface area contributed by atoms with Crippen molar-refractivity contribution < 1.29 is 9.18 Å². The highest BCUT2D eigenvalue weighted by molar-refractivity contribution is 7.98. The molecule has 5 rings (SSSR count). The summed E-state index contributed by atoms with van der Waals surface area (Å²) in [5, 5.41) is 4.23. The van der Waals surface area contributed by atoms with Gasteiger partial charge in [0.2, 0.25) is 0 Å². The smallest absolute Gasteiger partial charge is 0.262 e. The van der Waals surface area contributed by atoms with Gasteiger partial charge >= 0.3 is 0 Å². The number of carbonyl (C=O) groups is 1. The van der Waals surface area contributed by atoms with Crippen molar-refractivity contribution in [2.45, 2.75) is 49.2 Å². The third kappa shape index (κ3) is 5.46. The Balaban J connectivity index is 1.40. The molecule has 1 N–H and O–H groups in total. The van der Waals surface area contributed by atoms with Crippen molar-refractivity contribution in [3.63, 3.8) is 0 Å². The Morgan fingerprint density at radius 2 is 1.77 bits per heavy atom. The molecule has 0 spiro atoms. The van der Waals surface area contributed by atoms with Crippen molar-refractivity contribution in [2.75, 3.05) is 0 Å².